The number of aryl methyl sites for hydroxylation is 1. The lowest BCUT2D eigenvalue weighted by atomic mass is 9.95. The zero-order valence-corrected chi connectivity index (χ0v) is 16.0. The van der Waals surface area contributed by atoms with E-state index >= 15 is 0 Å². The summed E-state index contributed by atoms with van der Waals surface area (Å²) in [5, 5.41) is 3.48. The van der Waals surface area contributed by atoms with E-state index in [1.807, 2.05) is 6.07 Å². The van der Waals surface area contributed by atoms with Gasteiger partial charge in [-0.1, -0.05) is 24.3 Å². The zero-order chi connectivity index (χ0) is 19.4. The number of pyridine rings is 1. The molecular formula is C21H24FN5. The number of benzene rings is 1. The molecule has 0 amide bonds. The Bertz CT molecular complexity index is 895. The summed E-state index contributed by atoms with van der Waals surface area (Å²) in [6.45, 7) is 4.26. The zero-order valence-electron chi connectivity index (χ0n) is 16.0. The number of hydrogen-bond donors (Lipinski definition) is 1. The van der Waals surface area contributed by atoms with Gasteiger partial charge in [0.25, 0.3) is 0 Å². The molecule has 3 rings (SSSR count). The summed E-state index contributed by atoms with van der Waals surface area (Å²) in [4.78, 5) is 15.1. The number of hydrogen-bond acceptors (Lipinski definition) is 5. The highest BCUT2D eigenvalue weighted by Gasteiger charge is 2.23. The van der Waals surface area contributed by atoms with E-state index in [9.17, 15) is 4.39 Å². The van der Waals surface area contributed by atoms with Crippen molar-refractivity contribution in [2.75, 3.05) is 19.4 Å². The summed E-state index contributed by atoms with van der Waals surface area (Å²) in [7, 11) is 4.15. The van der Waals surface area contributed by atoms with Crippen molar-refractivity contribution in [3.8, 4) is 11.5 Å². The molecule has 2 heterocycles. The molecule has 1 aromatic carbocycles. The number of rotatable bonds is 6. The minimum absolute atomic E-state index is 0.102. The topological polar surface area (TPSA) is 53.9 Å². The Hall–Kier alpha value is -2.86. The van der Waals surface area contributed by atoms with Gasteiger partial charge in [0.1, 0.15) is 17.3 Å². The van der Waals surface area contributed by atoms with Crippen molar-refractivity contribution >= 4 is 5.82 Å². The van der Waals surface area contributed by atoms with Gasteiger partial charge in [0, 0.05) is 12.2 Å². The van der Waals surface area contributed by atoms with Crippen molar-refractivity contribution in [2.45, 2.75) is 25.9 Å². The Morgan fingerprint density at radius 3 is 2.48 bits per heavy atom. The molecule has 0 aliphatic carbocycles. The molecule has 0 saturated heterocycles. The first-order valence-electron chi connectivity index (χ1n) is 8.89. The van der Waals surface area contributed by atoms with Gasteiger partial charge in [-0.3, -0.25) is 0 Å². The van der Waals surface area contributed by atoms with Crippen LogP contribution in [0.3, 0.4) is 0 Å². The fourth-order valence-corrected chi connectivity index (χ4v) is 3.30. The second kappa shape index (κ2) is 8.22. The van der Waals surface area contributed by atoms with Crippen LogP contribution < -0.4 is 5.32 Å². The van der Waals surface area contributed by atoms with E-state index in [-0.39, 0.29) is 17.9 Å². The summed E-state index contributed by atoms with van der Waals surface area (Å²) in [6, 6.07) is 13.4. The highest BCUT2D eigenvalue weighted by atomic mass is 19.1. The largest absolute Gasteiger partial charge is 0.366 e. The normalized spacial score (nSPS) is 13.4. The van der Waals surface area contributed by atoms with Gasteiger partial charge in [0.15, 0.2) is 5.82 Å². The molecule has 0 aliphatic heterocycles. The molecule has 1 N–H and O–H groups in total. The first-order chi connectivity index (χ1) is 13.0. The van der Waals surface area contributed by atoms with Crippen molar-refractivity contribution in [1.29, 1.82) is 0 Å². The molecule has 0 aliphatic rings. The van der Waals surface area contributed by atoms with Crippen molar-refractivity contribution < 1.29 is 4.39 Å². The van der Waals surface area contributed by atoms with E-state index in [1.54, 1.807) is 12.3 Å². The second-order valence-electron chi connectivity index (χ2n) is 6.83. The number of nitrogens with zero attached hydrogens (tertiary/aromatic N) is 4. The van der Waals surface area contributed by atoms with Crippen LogP contribution in [0.4, 0.5) is 10.2 Å². The van der Waals surface area contributed by atoms with E-state index < -0.39 is 0 Å². The van der Waals surface area contributed by atoms with Crippen LogP contribution >= 0.6 is 0 Å². The molecule has 0 saturated carbocycles. The quantitative estimate of drug-likeness (QED) is 0.713. The Kier molecular flexibility index (Phi) is 5.76. The van der Waals surface area contributed by atoms with Gasteiger partial charge in [-0.15, -0.1) is 0 Å². The van der Waals surface area contributed by atoms with Crippen molar-refractivity contribution in [3.63, 3.8) is 0 Å². The lowest BCUT2D eigenvalue weighted by Crippen LogP contribution is -2.35. The molecule has 2 atom stereocenters. The average molecular weight is 365 g/mol. The predicted octanol–water partition coefficient (Wildman–Crippen LogP) is 4.09. The number of aromatic nitrogens is 3. The molecule has 5 nitrogen and oxygen atoms in total. The number of anilines is 1. The summed E-state index contributed by atoms with van der Waals surface area (Å²) in [6.07, 6.45) is 2.85. The van der Waals surface area contributed by atoms with Crippen molar-refractivity contribution in [1.82, 2.24) is 19.9 Å². The van der Waals surface area contributed by atoms with Gasteiger partial charge in [-0.25, -0.2) is 19.3 Å². The van der Waals surface area contributed by atoms with Crippen molar-refractivity contribution in [3.05, 3.63) is 71.8 Å². The highest BCUT2D eigenvalue weighted by Crippen LogP contribution is 2.27. The highest BCUT2D eigenvalue weighted by molar-refractivity contribution is 5.52. The lowest BCUT2D eigenvalue weighted by Gasteiger charge is -2.32. The van der Waals surface area contributed by atoms with Crippen LogP contribution in [0.15, 0.2) is 54.9 Å². The van der Waals surface area contributed by atoms with Crippen LogP contribution in [0.2, 0.25) is 0 Å². The fourth-order valence-electron chi connectivity index (χ4n) is 3.30. The lowest BCUT2D eigenvalue weighted by molar-refractivity contribution is 0.274. The molecule has 0 radical (unpaired) electrons. The molecule has 2 aromatic heterocycles. The summed E-state index contributed by atoms with van der Waals surface area (Å²) >= 11 is 0. The number of nitrogens with one attached hydrogen (secondary N) is 1. The van der Waals surface area contributed by atoms with Gasteiger partial charge >= 0.3 is 0 Å². The first-order valence-corrected chi connectivity index (χ1v) is 8.89. The maximum atomic E-state index is 13.1. The van der Waals surface area contributed by atoms with Crippen LogP contribution in [0.5, 0.6) is 0 Å². The van der Waals surface area contributed by atoms with Crippen LogP contribution in [-0.2, 0) is 0 Å². The van der Waals surface area contributed by atoms with E-state index in [0.717, 1.165) is 0 Å². The second-order valence-corrected chi connectivity index (χ2v) is 6.83. The summed E-state index contributed by atoms with van der Waals surface area (Å²) < 4.78 is 13.1. The standard InChI is InChI=1S/C21H24FN5/c1-14-7-5-6-8-17(14)20(27(3)4)15(2)25-19-11-12-23-21(26-19)18-10-9-16(22)13-24-18/h5-13,15,20H,1-4H3,(H,23,25,26). The molecule has 0 spiro atoms. The maximum absolute atomic E-state index is 13.1. The van der Waals surface area contributed by atoms with Crippen LogP contribution in [0, 0.1) is 12.7 Å². The van der Waals surface area contributed by atoms with Gasteiger partial charge < -0.3 is 10.2 Å². The van der Waals surface area contributed by atoms with Gasteiger partial charge in [0.05, 0.1) is 12.2 Å². The molecule has 6 heteroatoms. The third kappa shape index (κ3) is 4.46. The minimum atomic E-state index is -0.381. The fraction of sp³-hybridized carbons (Fsp3) is 0.286. The number of halogens is 1. The summed E-state index contributed by atoms with van der Waals surface area (Å²) in [5.41, 5.74) is 3.07. The average Bonchev–Trinajstić information content (AvgIpc) is 2.64. The maximum Gasteiger partial charge on any atom is 0.180 e. The van der Waals surface area contributed by atoms with E-state index in [0.29, 0.717) is 17.3 Å². The smallest absolute Gasteiger partial charge is 0.180 e. The third-order valence-corrected chi connectivity index (χ3v) is 4.52. The monoisotopic (exact) mass is 365 g/mol. The Morgan fingerprint density at radius 1 is 1.04 bits per heavy atom. The number of likely N-dealkylation sites (N-methyl/N-ethyl adjacent to an activating group) is 1. The van der Waals surface area contributed by atoms with Gasteiger partial charge in [-0.2, -0.15) is 0 Å². The first kappa shape index (κ1) is 18.9. The van der Waals surface area contributed by atoms with Crippen LogP contribution in [0.25, 0.3) is 11.5 Å². The molecular weight excluding hydrogens is 341 g/mol. The van der Waals surface area contributed by atoms with E-state index in [4.69, 9.17) is 0 Å². The Balaban J connectivity index is 1.84. The summed E-state index contributed by atoms with van der Waals surface area (Å²) in [5.74, 6) is 0.789. The predicted molar refractivity (Wildman–Crippen MR) is 106 cm³/mol. The van der Waals surface area contributed by atoms with E-state index in [1.165, 1.54) is 23.4 Å². The van der Waals surface area contributed by atoms with Gasteiger partial charge in [0.2, 0.25) is 0 Å². The molecule has 0 fully saturated rings. The third-order valence-electron chi connectivity index (χ3n) is 4.52. The van der Waals surface area contributed by atoms with Crippen LogP contribution in [-0.4, -0.2) is 40.0 Å². The molecule has 2 unspecified atom stereocenters. The Labute approximate surface area is 159 Å². The molecule has 3 aromatic rings. The Morgan fingerprint density at radius 2 is 1.81 bits per heavy atom. The van der Waals surface area contributed by atoms with E-state index in [2.05, 4.69) is 77.4 Å². The minimum Gasteiger partial charge on any atom is -0.366 e. The van der Waals surface area contributed by atoms with Gasteiger partial charge in [-0.05, 0) is 57.3 Å². The van der Waals surface area contributed by atoms with Crippen LogP contribution in [0.1, 0.15) is 24.1 Å². The molecule has 27 heavy (non-hydrogen) atoms. The van der Waals surface area contributed by atoms with Crippen molar-refractivity contribution in [2.24, 2.45) is 0 Å². The molecule has 0 bridgehead atoms. The molecule has 140 valence electrons. The SMILES string of the molecule is Cc1ccccc1C(C(C)Nc1ccnc(-c2ccc(F)cn2)n1)N(C)C.